The van der Waals surface area contributed by atoms with Gasteiger partial charge in [0.1, 0.15) is 12.5 Å². The van der Waals surface area contributed by atoms with Gasteiger partial charge < -0.3 is 9.64 Å². The van der Waals surface area contributed by atoms with E-state index >= 15 is 0 Å². The van der Waals surface area contributed by atoms with Crippen molar-refractivity contribution in [2.75, 3.05) is 6.54 Å². The second-order valence-electron chi connectivity index (χ2n) is 4.66. The summed E-state index contributed by atoms with van der Waals surface area (Å²) in [7, 11) is 0. The van der Waals surface area contributed by atoms with Gasteiger partial charge in [0.15, 0.2) is 0 Å². The number of nitrogens with zero attached hydrogens (tertiary/aromatic N) is 2. The molecule has 0 N–H and O–H groups in total. The zero-order valence-corrected chi connectivity index (χ0v) is 11.2. The third-order valence-corrected chi connectivity index (χ3v) is 3.37. The van der Waals surface area contributed by atoms with Crippen LogP contribution < -0.4 is 0 Å². The number of likely N-dealkylation sites (tertiary alicyclic amines) is 1. The maximum Gasteiger partial charge on any atom is 0.237 e. The molecule has 1 aliphatic rings. The highest BCUT2D eigenvalue weighted by atomic mass is 16.5. The molecule has 4 nitrogen and oxygen atoms in total. The molecule has 0 spiro atoms. The Kier molecular flexibility index (Phi) is 4.76. The van der Waals surface area contributed by atoms with E-state index in [1.165, 1.54) is 0 Å². The van der Waals surface area contributed by atoms with E-state index in [4.69, 9.17) is 16.4 Å². The van der Waals surface area contributed by atoms with Crippen molar-refractivity contribution in [1.29, 1.82) is 5.26 Å². The van der Waals surface area contributed by atoms with Gasteiger partial charge in [-0.1, -0.05) is 36.3 Å². The number of benzene rings is 1. The molecule has 1 aliphatic heterocycles. The summed E-state index contributed by atoms with van der Waals surface area (Å²) in [5.74, 6) is 2.39. The molecule has 1 heterocycles. The van der Waals surface area contributed by atoms with E-state index in [1.54, 1.807) is 4.90 Å². The summed E-state index contributed by atoms with van der Waals surface area (Å²) in [5.41, 5.74) is 1.07. The molecular formula is C16H16N2O2. The summed E-state index contributed by atoms with van der Waals surface area (Å²) < 4.78 is 5.83. The number of nitriles is 1. The Labute approximate surface area is 119 Å². The van der Waals surface area contributed by atoms with Crippen LogP contribution in [-0.4, -0.2) is 29.5 Å². The molecular weight excluding hydrogens is 252 g/mol. The molecule has 0 aliphatic carbocycles. The lowest BCUT2D eigenvalue weighted by molar-refractivity contribution is -0.131. The topological polar surface area (TPSA) is 53.3 Å². The van der Waals surface area contributed by atoms with E-state index in [-0.39, 0.29) is 24.5 Å². The highest BCUT2D eigenvalue weighted by Crippen LogP contribution is 2.22. The zero-order chi connectivity index (χ0) is 14.4. The number of carbonyl (C=O) groups excluding carboxylic acids is 1. The van der Waals surface area contributed by atoms with Gasteiger partial charge in [0.05, 0.1) is 18.8 Å². The highest BCUT2D eigenvalue weighted by Gasteiger charge is 2.36. The molecule has 0 bridgehead atoms. The van der Waals surface area contributed by atoms with Crippen molar-refractivity contribution in [2.24, 2.45) is 0 Å². The lowest BCUT2D eigenvalue weighted by atomic mass is 10.1. The van der Waals surface area contributed by atoms with Crippen molar-refractivity contribution in [3.8, 4) is 18.4 Å². The average molecular weight is 268 g/mol. The van der Waals surface area contributed by atoms with Gasteiger partial charge in [-0.3, -0.25) is 4.79 Å². The standard InChI is InChI=1S/C16H16N2O2/c1-2-14-15(9-11-18(14)16(19)8-10-17)20-12-13-6-4-3-5-7-13/h1,3-7,14-15H,8-9,11-12H2/t14-,15-/m0/s1. The Morgan fingerprint density at radius 1 is 1.45 bits per heavy atom. The van der Waals surface area contributed by atoms with E-state index in [0.717, 1.165) is 5.56 Å². The van der Waals surface area contributed by atoms with Crippen molar-refractivity contribution in [1.82, 2.24) is 4.90 Å². The lowest BCUT2D eigenvalue weighted by Crippen LogP contribution is -2.39. The molecule has 1 amide bonds. The van der Waals surface area contributed by atoms with Gasteiger partial charge in [0.25, 0.3) is 0 Å². The molecule has 2 rings (SSSR count). The van der Waals surface area contributed by atoms with Crippen LogP contribution >= 0.6 is 0 Å². The van der Waals surface area contributed by atoms with Gasteiger partial charge in [-0.15, -0.1) is 6.42 Å². The van der Waals surface area contributed by atoms with Crippen molar-refractivity contribution in [3.63, 3.8) is 0 Å². The van der Waals surface area contributed by atoms with E-state index in [1.807, 2.05) is 36.4 Å². The Hall–Kier alpha value is -2.30. The molecule has 20 heavy (non-hydrogen) atoms. The first kappa shape index (κ1) is 14.1. The van der Waals surface area contributed by atoms with E-state index < -0.39 is 0 Å². The fourth-order valence-corrected chi connectivity index (χ4v) is 2.36. The fraction of sp³-hybridized carbons (Fsp3) is 0.375. The van der Waals surface area contributed by atoms with Crippen LogP contribution in [0.5, 0.6) is 0 Å². The number of carbonyl (C=O) groups is 1. The molecule has 0 radical (unpaired) electrons. The third-order valence-electron chi connectivity index (χ3n) is 3.37. The summed E-state index contributed by atoms with van der Waals surface area (Å²) in [6, 6.07) is 11.3. The van der Waals surface area contributed by atoms with Crippen molar-refractivity contribution >= 4 is 5.91 Å². The van der Waals surface area contributed by atoms with Crippen LogP contribution in [0.25, 0.3) is 0 Å². The fourth-order valence-electron chi connectivity index (χ4n) is 2.36. The number of terminal acetylenes is 1. The molecule has 0 aromatic heterocycles. The van der Waals surface area contributed by atoms with Crippen LogP contribution in [0.1, 0.15) is 18.4 Å². The average Bonchev–Trinajstić information content (AvgIpc) is 2.89. The van der Waals surface area contributed by atoms with Gasteiger partial charge in [-0.25, -0.2) is 0 Å². The number of amides is 1. The van der Waals surface area contributed by atoms with Crippen LogP contribution in [0.15, 0.2) is 30.3 Å². The summed E-state index contributed by atoms with van der Waals surface area (Å²) >= 11 is 0. The quantitative estimate of drug-likeness (QED) is 0.781. The maximum atomic E-state index is 11.8. The minimum Gasteiger partial charge on any atom is -0.370 e. The zero-order valence-electron chi connectivity index (χ0n) is 11.2. The predicted octanol–water partition coefficient (Wildman–Crippen LogP) is 1.72. The molecule has 1 saturated heterocycles. The van der Waals surface area contributed by atoms with Crippen LogP contribution in [0, 0.1) is 23.7 Å². The van der Waals surface area contributed by atoms with Gasteiger partial charge in [-0.05, 0) is 12.0 Å². The lowest BCUT2D eigenvalue weighted by Gasteiger charge is -2.23. The van der Waals surface area contributed by atoms with Gasteiger partial charge >= 0.3 is 0 Å². The summed E-state index contributed by atoms with van der Waals surface area (Å²) in [5, 5.41) is 8.59. The normalized spacial score (nSPS) is 21.2. The maximum absolute atomic E-state index is 11.8. The molecule has 2 atom stereocenters. The predicted molar refractivity (Wildman–Crippen MR) is 74.2 cm³/mol. The first-order valence-corrected chi connectivity index (χ1v) is 6.54. The van der Waals surface area contributed by atoms with Gasteiger partial charge in [0, 0.05) is 6.54 Å². The minimum atomic E-state index is -0.375. The second-order valence-corrected chi connectivity index (χ2v) is 4.66. The molecule has 0 saturated carbocycles. The minimum absolute atomic E-state index is 0.135. The molecule has 102 valence electrons. The number of rotatable bonds is 4. The second kappa shape index (κ2) is 6.75. The van der Waals surface area contributed by atoms with Crippen LogP contribution in [0.3, 0.4) is 0 Å². The SMILES string of the molecule is C#C[C@H]1[C@@H](OCc2ccccc2)CCN1C(=O)CC#N. The number of ether oxygens (including phenoxy) is 1. The first-order valence-electron chi connectivity index (χ1n) is 6.54. The Morgan fingerprint density at radius 3 is 2.85 bits per heavy atom. The molecule has 1 aromatic carbocycles. The highest BCUT2D eigenvalue weighted by molar-refractivity contribution is 5.79. The monoisotopic (exact) mass is 268 g/mol. The Bertz CT molecular complexity index is 542. The molecule has 4 heteroatoms. The van der Waals surface area contributed by atoms with E-state index in [2.05, 4.69) is 5.92 Å². The smallest absolute Gasteiger partial charge is 0.237 e. The van der Waals surface area contributed by atoms with Crippen LogP contribution in [0.4, 0.5) is 0 Å². The Morgan fingerprint density at radius 2 is 2.20 bits per heavy atom. The van der Waals surface area contributed by atoms with Crippen LogP contribution in [-0.2, 0) is 16.1 Å². The van der Waals surface area contributed by atoms with E-state index in [0.29, 0.717) is 19.6 Å². The number of hydrogen-bond acceptors (Lipinski definition) is 3. The third kappa shape index (κ3) is 3.17. The van der Waals surface area contributed by atoms with Crippen molar-refractivity contribution in [3.05, 3.63) is 35.9 Å². The van der Waals surface area contributed by atoms with Crippen LogP contribution in [0.2, 0.25) is 0 Å². The van der Waals surface area contributed by atoms with E-state index in [9.17, 15) is 4.79 Å². The molecule has 1 fully saturated rings. The Balaban J connectivity index is 1.95. The largest absolute Gasteiger partial charge is 0.370 e. The van der Waals surface area contributed by atoms with Crippen molar-refractivity contribution < 1.29 is 9.53 Å². The van der Waals surface area contributed by atoms with Crippen molar-refractivity contribution in [2.45, 2.75) is 31.6 Å². The first-order chi connectivity index (χ1) is 9.76. The summed E-state index contributed by atoms with van der Waals surface area (Å²) in [6.45, 7) is 1.03. The van der Waals surface area contributed by atoms with Gasteiger partial charge in [0.2, 0.25) is 5.91 Å². The summed E-state index contributed by atoms with van der Waals surface area (Å²) in [6.07, 6.45) is 5.92. The summed E-state index contributed by atoms with van der Waals surface area (Å²) in [4.78, 5) is 13.4. The molecule has 0 unspecified atom stereocenters. The van der Waals surface area contributed by atoms with Gasteiger partial charge in [-0.2, -0.15) is 5.26 Å². The molecule has 1 aromatic rings. The number of hydrogen-bond donors (Lipinski definition) is 0.